The largest absolute Gasteiger partial charge is 0.577 e. The van der Waals surface area contributed by atoms with E-state index >= 15 is 0 Å². The highest BCUT2D eigenvalue weighted by molar-refractivity contribution is 8.34. The molecule has 0 spiro atoms. The Morgan fingerprint density at radius 2 is 0.431 bits per heavy atom. The molecule has 0 amide bonds. The van der Waals surface area contributed by atoms with Crippen LogP contribution in [-0.4, -0.2) is 0 Å². The number of hydrogen-bond donors (Lipinski definition) is 1. The zero-order chi connectivity index (χ0) is 40.3. The molecule has 0 heterocycles. The van der Waals surface area contributed by atoms with Gasteiger partial charge in [-0.2, -0.15) is 0 Å². The van der Waals surface area contributed by atoms with E-state index in [1.54, 1.807) is 0 Å². The first-order valence-electron chi connectivity index (χ1n) is 18.7. The van der Waals surface area contributed by atoms with E-state index in [1.807, 2.05) is 194 Å². The molecule has 0 aliphatic heterocycles. The van der Waals surface area contributed by atoms with Crippen LogP contribution in [0.4, 0.5) is 0 Å². The van der Waals surface area contributed by atoms with Gasteiger partial charge in [0, 0.05) is 21.2 Å². The minimum atomic E-state index is -3.39. The van der Waals surface area contributed by atoms with Gasteiger partial charge >= 0.3 is 0 Å². The minimum absolute atomic E-state index is 0.623. The van der Waals surface area contributed by atoms with Crippen molar-refractivity contribution < 1.29 is 9.13 Å². The highest BCUT2D eigenvalue weighted by Crippen LogP contribution is 2.67. The Morgan fingerprint density at radius 1 is 0.276 bits per heavy atom. The van der Waals surface area contributed by atoms with Crippen LogP contribution in [0.2, 0.25) is 0 Å². The third kappa shape index (κ3) is 9.17. The summed E-state index contributed by atoms with van der Waals surface area (Å²) in [4.78, 5) is 8.66. The molecule has 288 valence electrons. The van der Waals surface area contributed by atoms with Gasteiger partial charge in [-0.25, -0.2) is 4.86 Å². The van der Waals surface area contributed by atoms with E-state index in [0.717, 1.165) is 21.2 Å². The van der Waals surface area contributed by atoms with Crippen LogP contribution >= 0.6 is 27.0 Å². The third-order valence-corrected chi connectivity index (χ3v) is 25.6. The fraction of sp³-hybridized carbons (Fsp3) is 0. The standard InChI is InChI=1S/C24H21NO2P2.C24H20NP2S2/c26-28(21-13-5-1-6-14-21,22-15-7-2-8-16-22)25-29(27,23-17-9-3-10-18-23)24-19-11-4-12-20-24;28-26(21-13-5-1-6-14-21,22-15-7-2-8-16-22)25-27(29,23-17-9-3-10-18-23)24-19-11-4-12-20-24/h1-20H,(H,25,26,27);1-20H/q;-1. The maximum atomic E-state index is 14.5. The fourth-order valence-corrected chi connectivity index (χ4v) is 22.7. The molecule has 0 atom stereocenters. The molecule has 58 heavy (non-hydrogen) atoms. The van der Waals surface area contributed by atoms with Crippen molar-refractivity contribution in [2.45, 2.75) is 0 Å². The molecule has 1 N–H and O–H groups in total. The summed E-state index contributed by atoms with van der Waals surface area (Å²) in [5.41, 5.74) is 0. The predicted octanol–water partition coefficient (Wildman–Crippen LogP) is 9.89. The van der Waals surface area contributed by atoms with Crippen molar-refractivity contribution in [3.05, 3.63) is 248 Å². The van der Waals surface area contributed by atoms with Crippen molar-refractivity contribution in [1.82, 2.24) is 4.86 Å². The van der Waals surface area contributed by atoms with E-state index < -0.39 is 27.0 Å². The van der Waals surface area contributed by atoms with Crippen molar-refractivity contribution in [2.75, 3.05) is 0 Å². The van der Waals surface area contributed by atoms with Crippen molar-refractivity contribution in [1.29, 1.82) is 0 Å². The molecule has 0 aliphatic carbocycles. The Bertz CT molecular complexity index is 2160. The van der Waals surface area contributed by atoms with Crippen LogP contribution in [0.15, 0.2) is 243 Å². The summed E-state index contributed by atoms with van der Waals surface area (Å²) in [5.74, 6) is 0. The number of nitrogens with zero attached hydrogens (tertiary/aromatic N) is 1. The maximum absolute atomic E-state index is 14.5. The summed E-state index contributed by atoms with van der Waals surface area (Å²) in [6.45, 7) is 0. The molecule has 0 unspecified atom stereocenters. The van der Waals surface area contributed by atoms with E-state index in [1.165, 1.54) is 0 Å². The quantitative estimate of drug-likeness (QED) is 0.124. The Labute approximate surface area is 352 Å². The molecule has 8 aromatic carbocycles. The average Bonchev–Trinajstić information content (AvgIpc) is 3.31. The molecule has 8 rings (SSSR count). The van der Waals surface area contributed by atoms with Gasteiger partial charge in [0.1, 0.15) is 0 Å². The summed E-state index contributed by atoms with van der Waals surface area (Å²) >= 11 is 12.8. The SMILES string of the molecule is O=P(NP(=O)(c1ccccc1)c1ccccc1)(c1ccccc1)c1ccccc1.S=P([N-]P(=S)(c1ccccc1)c1ccccc1)(c1ccccc1)c1ccccc1. The van der Waals surface area contributed by atoms with Gasteiger partial charge in [-0.3, -0.25) is 9.13 Å². The van der Waals surface area contributed by atoms with Crippen molar-refractivity contribution in [3.63, 3.8) is 0 Å². The van der Waals surface area contributed by atoms with Gasteiger partial charge in [0.2, 0.25) is 14.6 Å². The first-order chi connectivity index (χ1) is 28.3. The molecule has 0 fully saturated rings. The van der Waals surface area contributed by atoms with Crippen LogP contribution in [0.3, 0.4) is 0 Å². The molecule has 0 bridgehead atoms. The van der Waals surface area contributed by atoms with Crippen molar-refractivity contribution in [2.24, 2.45) is 0 Å². The van der Waals surface area contributed by atoms with Crippen LogP contribution in [0.1, 0.15) is 0 Å². The Hall–Kier alpha value is -4.56. The topological polar surface area (TPSA) is 60.3 Å². The molecular formula is C48H41N2O2P4S2-. The van der Waals surface area contributed by atoms with E-state index in [2.05, 4.69) is 53.4 Å². The Morgan fingerprint density at radius 3 is 0.603 bits per heavy atom. The average molecular weight is 866 g/mol. The van der Waals surface area contributed by atoms with Crippen LogP contribution in [0, 0.1) is 0 Å². The first kappa shape index (κ1) is 41.6. The number of nitrogens with one attached hydrogen (secondary N) is 1. The predicted molar refractivity (Wildman–Crippen MR) is 259 cm³/mol. The van der Waals surface area contributed by atoms with Crippen LogP contribution < -0.4 is 47.3 Å². The Kier molecular flexibility index (Phi) is 13.6. The van der Waals surface area contributed by atoms with E-state index in [4.69, 9.17) is 28.5 Å². The lowest BCUT2D eigenvalue weighted by Crippen LogP contribution is -2.32. The number of benzene rings is 8. The van der Waals surface area contributed by atoms with E-state index in [-0.39, 0.29) is 0 Å². The van der Waals surface area contributed by atoms with Crippen LogP contribution in [0.25, 0.3) is 4.86 Å². The molecule has 0 saturated carbocycles. The third-order valence-electron chi connectivity index (χ3n) is 9.44. The molecule has 0 radical (unpaired) electrons. The highest BCUT2D eigenvalue weighted by Gasteiger charge is 2.38. The lowest BCUT2D eigenvalue weighted by molar-refractivity contribution is 0.574. The highest BCUT2D eigenvalue weighted by atomic mass is 32.5. The normalized spacial score (nSPS) is 11.9. The number of hydrogen-bond acceptors (Lipinski definition) is 4. The van der Waals surface area contributed by atoms with Gasteiger partial charge < -0.3 is 4.86 Å². The molecule has 0 aliphatic rings. The lowest BCUT2D eigenvalue weighted by atomic mass is 10.4. The van der Waals surface area contributed by atoms with Crippen molar-refractivity contribution >= 4 is 93.0 Å². The van der Waals surface area contributed by atoms with Crippen LogP contribution in [0.5, 0.6) is 0 Å². The van der Waals surface area contributed by atoms with Gasteiger partial charge in [0.15, 0.2) is 0 Å². The lowest BCUT2D eigenvalue weighted by Gasteiger charge is -2.47. The fourth-order valence-electron chi connectivity index (χ4n) is 6.48. The van der Waals surface area contributed by atoms with Crippen LogP contribution in [-0.2, 0) is 32.7 Å². The summed E-state index contributed by atoms with van der Waals surface area (Å²) < 4.78 is 29.0. The zero-order valence-electron chi connectivity index (χ0n) is 31.5. The van der Waals surface area contributed by atoms with E-state index in [0.29, 0.717) is 21.2 Å². The van der Waals surface area contributed by atoms with Gasteiger partial charge in [0.05, 0.1) is 0 Å². The maximum Gasteiger partial charge on any atom is 0.210 e. The van der Waals surface area contributed by atoms with Gasteiger partial charge in [0.25, 0.3) is 0 Å². The summed E-state index contributed by atoms with van der Waals surface area (Å²) in [6, 6.07) is 77.9. The van der Waals surface area contributed by atoms with Gasteiger partial charge in [-0.1, -0.05) is 207 Å². The monoisotopic (exact) mass is 865 g/mol. The van der Waals surface area contributed by atoms with Gasteiger partial charge in [-0.15, -0.1) is 23.6 Å². The first-order valence-corrected chi connectivity index (χ1v) is 27.6. The van der Waals surface area contributed by atoms with Gasteiger partial charge in [-0.05, 0) is 69.7 Å². The minimum Gasteiger partial charge on any atom is -0.577 e. The van der Waals surface area contributed by atoms with Crippen molar-refractivity contribution in [3.8, 4) is 0 Å². The second-order valence-corrected chi connectivity index (χ2v) is 26.8. The van der Waals surface area contributed by atoms with E-state index in [9.17, 15) is 9.13 Å². The summed E-state index contributed by atoms with van der Waals surface area (Å²) in [6.07, 6.45) is -4.95. The molecule has 4 nitrogen and oxygen atoms in total. The molecular weight excluding hydrogens is 825 g/mol. The second-order valence-electron chi connectivity index (χ2n) is 13.2. The Balaban J connectivity index is 0.000000177. The number of rotatable bonds is 12. The summed E-state index contributed by atoms with van der Waals surface area (Å²) in [5, 5.41) is 6.78. The molecule has 8 aromatic rings. The zero-order valence-corrected chi connectivity index (χ0v) is 36.7. The smallest absolute Gasteiger partial charge is 0.210 e. The molecule has 0 aromatic heterocycles. The molecule has 0 saturated heterocycles. The summed E-state index contributed by atoms with van der Waals surface area (Å²) in [7, 11) is -6.78. The second kappa shape index (κ2) is 19.0. The molecule has 10 heteroatoms.